The number of aliphatic hydroxyl groups excluding tert-OH is 1. The molecule has 0 fully saturated rings. The minimum Gasteiger partial charge on any atom is -0.385 e. The monoisotopic (exact) mass is 335 g/mol. The van der Waals surface area contributed by atoms with E-state index in [1.54, 1.807) is 11.3 Å². The number of likely N-dealkylation sites (N-methyl/N-ethyl adjacent to an activating group) is 1. The SMILES string of the molecule is Cc1scnc1CN1CCCn2nc([C@H](O)CN(C)C)cc2C1. The summed E-state index contributed by atoms with van der Waals surface area (Å²) in [4.78, 5) is 10.2. The molecular formula is C16H25N5OS. The Kier molecular flexibility index (Phi) is 5.11. The van der Waals surface area contributed by atoms with Gasteiger partial charge in [0, 0.05) is 37.6 Å². The molecule has 1 atom stereocenters. The number of aryl methyl sites for hydroxylation is 2. The smallest absolute Gasteiger partial charge is 0.110 e. The van der Waals surface area contributed by atoms with Crippen LogP contribution in [-0.2, 0) is 19.6 Å². The zero-order chi connectivity index (χ0) is 16.4. The molecule has 0 saturated carbocycles. The predicted molar refractivity (Wildman–Crippen MR) is 91.3 cm³/mol. The molecule has 3 heterocycles. The Hall–Kier alpha value is -1.28. The lowest BCUT2D eigenvalue weighted by atomic mass is 10.2. The maximum atomic E-state index is 10.3. The lowest BCUT2D eigenvalue weighted by molar-refractivity contribution is 0.133. The van der Waals surface area contributed by atoms with E-state index in [4.69, 9.17) is 0 Å². The Morgan fingerprint density at radius 3 is 2.91 bits per heavy atom. The first-order chi connectivity index (χ1) is 11.0. The van der Waals surface area contributed by atoms with Crippen molar-refractivity contribution in [2.45, 2.75) is 39.1 Å². The number of thiazole rings is 1. The second-order valence-electron chi connectivity index (χ2n) is 6.48. The van der Waals surface area contributed by atoms with E-state index >= 15 is 0 Å². The van der Waals surface area contributed by atoms with Crippen molar-refractivity contribution in [1.29, 1.82) is 0 Å². The summed E-state index contributed by atoms with van der Waals surface area (Å²) in [5.41, 5.74) is 5.06. The number of aromatic nitrogens is 3. The van der Waals surface area contributed by atoms with Crippen molar-refractivity contribution in [2.24, 2.45) is 0 Å². The number of hydrogen-bond donors (Lipinski definition) is 1. The quantitative estimate of drug-likeness (QED) is 0.900. The van der Waals surface area contributed by atoms with E-state index in [0.29, 0.717) is 6.54 Å². The summed E-state index contributed by atoms with van der Waals surface area (Å²) in [7, 11) is 3.92. The van der Waals surface area contributed by atoms with E-state index in [-0.39, 0.29) is 0 Å². The topological polar surface area (TPSA) is 57.4 Å². The van der Waals surface area contributed by atoms with Gasteiger partial charge in [-0.3, -0.25) is 9.58 Å². The molecule has 2 aromatic rings. The van der Waals surface area contributed by atoms with Gasteiger partial charge in [0.2, 0.25) is 0 Å². The van der Waals surface area contributed by atoms with Crippen LogP contribution in [0.3, 0.4) is 0 Å². The van der Waals surface area contributed by atoms with Crippen LogP contribution in [0.15, 0.2) is 11.6 Å². The summed E-state index contributed by atoms with van der Waals surface area (Å²) in [6.45, 7) is 6.43. The van der Waals surface area contributed by atoms with Crippen LogP contribution in [0.2, 0.25) is 0 Å². The zero-order valence-electron chi connectivity index (χ0n) is 14.1. The largest absolute Gasteiger partial charge is 0.385 e. The zero-order valence-corrected chi connectivity index (χ0v) is 14.9. The van der Waals surface area contributed by atoms with E-state index in [9.17, 15) is 5.11 Å². The molecule has 2 aromatic heterocycles. The molecular weight excluding hydrogens is 310 g/mol. The number of rotatable bonds is 5. The van der Waals surface area contributed by atoms with Crippen molar-refractivity contribution >= 4 is 11.3 Å². The fraction of sp³-hybridized carbons (Fsp3) is 0.625. The number of nitrogens with zero attached hydrogens (tertiary/aromatic N) is 5. The van der Waals surface area contributed by atoms with E-state index < -0.39 is 6.10 Å². The summed E-state index contributed by atoms with van der Waals surface area (Å²) in [6, 6.07) is 2.06. The Bertz CT molecular complexity index is 651. The van der Waals surface area contributed by atoms with Crippen LogP contribution in [0.1, 0.15) is 34.5 Å². The minimum absolute atomic E-state index is 0.529. The van der Waals surface area contributed by atoms with Gasteiger partial charge in [-0.2, -0.15) is 5.10 Å². The van der Waals surface area contributed by atoms with Crippen molar-refractivity contribution in [3.8, 4) is 0 Å². The van der Waals surface area contributed by atoms with Crippen molar-refractivity contribution in [3.63, 3.8) is 0 Å². The summed E-state index contributed by atoms with van der Waals surface area (Å²) in [6.07, 6.45) is 0.541. The molecule has 0 spiro atoms. The number of fused-ring (bicyclic) bond motifs is 1. The van der Waals surface area contributed by atoms with Gasteiger partial charge in [-0.15, -0.1) is 11.3 Å². The highest BCUT2D eigenvalue weighted by molar-refractivity contribution is 7.09. The van der Waals surface area contributed by atoms with Crippen LogP contribution in [0.25, 0.3) is 0 Å². The molecule has 7 heteroatoms. The summed E-state index contributed by atoms with van der Waals surface area (Å²) >= 11 is 1.70. The minimum atomic E-state index is -0.529. The third kappa shape index (κ3) is 3.98. The molecule has 1 aliphatic heterocycles. The van der Waals surface area contributed by atoms with Crippen LogP contribution in [0.5, 0.6) is 0 Å². The van der Waals surface area contributed by atoms with Gasteiger partial charge in [0.1, 0.15) is 6.10 Å². The molecule has 0 radical (unpaired) electrons. The van der Waals surface area contributed by atoms with Crippen LogP contribution < -0.4 is 0 Å². The first-order valence-electron chi connectivity index (χ1n) is 8.03. The fourth-order valence-corrected chi connectivity index (χ4v) is 3.57. The molecule has 3 rings (SSSR count). The van der Waals surface area contributed by atoms with E-state index in [1.807, 2.05) is 24.5 Å². The molecule has 23 heavy (non-hydrogen) atoms. The molecule has 6 nitrogen and oxygen atoms in total. The van der Waals surface area contributed by atoms with Crippen molar-refractivity contribution < 1.29 is 5.11 Å². The average Bonchev–Trinajstić information content (AvgIpc) is 3.01. The van der Waals surface area contributed by atoms with Gasteiger partial charge in [0.25, 0.3) is 0 Å². The molecule has 0 amide bonds. The highest BCUT2D eigenvalue weighted by atomic mass is 32.1. The normalized spacial score (nSPS) is 17.3. The predicted octanol–water partition coefficient (Wildman–Crippen LogP) is 1.65. The van der Waals surface area contributed by atoms with Gasteiger partial charge in [0.05, 0.1) is 22.6 Å². The van der Waals surface area contributed by atoms with E-state index in [0.717, 1.165) is 38.3 Å². The maximum Gasteiger partial charge on any atom is 0.110 e. The van der Waals surface area contributed by atoms with Crippen molar-refractivity contribution in [3.05, 3.63) is 33.5 Å². The molecule has 0 unspecified atom stereocenters. The fourth-order valence-electron chi connectivity index (χ4n) is 2.98. The maximum absolute atomic E-state index is 10.3. The van der Waals surface area contributed by atoms with Gasteiger partial charge in [-0.25, -0.2) is 4.98 Å². The lowest BCUT2D eigenvalue weighted by Crippen LogP contribution is -2.23. The van der Waals surface area contributed by atoms with Crippen molar-refractivity contribution in [2.75, 3.05) is 27.2 Å². The third-order valence-corrected chi connectivity index (χ3v) is 5.01. The van der Waals surface area contributed by atoms with Gasteiger partial charge >= 0.3 is 0 Å². The van der Waals surface area contributed by atoms with Crippen molar-refractivity contribution in [1.82, 2.24) is 24.6 Å². The van der Waals surface area contributed by atoms with Crippen LogP contribution in [0.4, 0.5) is 0 Å². The molecule has 0 aromatic carbocycles. The van der Waals surface area contributed by atoms with Crippen LogP contribution in [-0.4, -0.2) is 56.9 Å². The Labute approximate surface area is 141 Å². The first kappa shape index (κ1) is 16.6. The Morgan fingerprint density at radius 1 is 1.39 bits per heavy atom. The molecule has 1 N–H and O–H groups in total. The van der Waals surface area contributed by atoms with E-state index in [2.05, 4.69) is 32.7 Å². The second-order valence-corrected chi connectivity index (χ2v) is 7.54. The number of aliphatic hydroxyl groups is 1. The standard InChI is InChI=1S/C16H25N5OS/c1-12-15(17-11-23-12)9-20-5-4-6-21-13(8-20)7-14(18-21)16(22)10-19(2)3/h7,11,16,22H,4-6,8-10H2,1-3H3/t16-/m1/s1. The Morgan fingerprint density at radius 2 is 2.22 bits per heavy atom. The molecule has 0 aliphatic carbocycles. The first-order valence-corrected chi connectivity index (χ1v) is 8.91. The van der Waals surface area contributed by atoms with Gasteiger partial charge in [0.15, 0.2) is 0 Å². The van der Waals surface area contributed by atoms with E-state index in [1.165, 1.54) is 16.3 Å². The second kappa shape index (κ2) is 7.09. The molecule has 126 valence electrons. The summed E-state index contributed by atoms with van der Waals surface area (Å²) in [5, 5.41) is 14.9. The lowest BCUT2D eigenvalue weighted by Gasteiger charge is -2.18. The average molecular weight is 335 g/mol. The van der Waals surface area contributed by atoms with Gasteiger partial charge in [-0.1, -0.05) is 0 Å². The molecule has 0 bridgehead atoms. The summed E-state index contributed by atoms with van der Waals surface area (Å²) < 4.78 is 2.06. The Balaban J connectivity index is 1.72. The molecule has 0 saturated heterocycles. The highest BCUT2D eigenvalue weighted by Gasteiger charge is 2.21. The number of hydrogen-bond acceptors (Lipinski definition) is 6. The third-order valence-electron chi connectivity index (χ3n) is 4.21. The highest BCUT2D eigenvalue weighted by Crippen LogP contribution is 2.21. The van der Waals surface area contributed by atoms with Crippen LogP contribution >= 0.6 is 11.3 Å². The van der Waals surface area contributed by atoms with Gasteiger partial charge < -0.3 is 10.0 Å². The van der Waals surface area contributed by atoms with Gasteiger partial charge in [-0.05, 0) is 33.5 Å². The summed E-state index contributed by atoms with van der Waals surface area (Å²) in [5.74, 6) is 0. The molecule has 1 aliphatic rings. The van der Waals surface area contributed by atoms with Crippen LogP contribution in [0, 0.1) is 6.92 Å².